The molecule has 0 bridgehead atoms. The van der Waals surface area contributed by atoms with Gasteiger partial charge in [0.15, 0.2) is 0 Å². The molecule has 2 aromatic rings. The number of nitrogens with zero attached hydrogens (tertiary/aromatic N) is 2. The lowest BCUT2D eigenvalue weighted by atomic mass is 10.1. The van der Waals surface area contributed by atoms with E-state index in [1.807, 2.05) is 44.2 Å². The van der Waals surface area contributed by atoms with Crippen LogP contribution in [0.25, 0.3) is 0 Å². The van der Waals surface area contributed by atoms with Crippen LogP contribution in [-0.4, -0.2) is 57.1 Å². The van der Waals surface area contributed by atoms with Crippen LogP contribution in [0.1, 0.15) is 38.7 Å². The fourth-order valence-electron chi connectivity index (χ4n) is 3.62. The fourth-order valence-corrected chi connectivity index (χ4v) is 4.47. The van der Waals surface area contributed by atoms with Gasteiger partial charge in [0.2, 0.25) is 21.8 Å². The van der Waals surface area contributed by atoms with Gasteiger partial charge in [0.05, 0.1) is 11.9 Å². The number of halogens is 1. The van der Waals surface area contributed by atoms with E-state index in [9.17, 15) is 22.4 Å². The van der Waals surface area contributed by atoms with Crippen molar-refractivity contribution < 1.29 is 22.4 Å². The third-order valence-corrected chi connectivity index (χ3v) is 6.63. The Balaban J connectivity index is 2.31. The van der Waals surface area contributed by atoms with Crippen molar-refractivity contribution in [3.63, 3.8) is 0 Å². The van der Waals surface area contributed by atoms with E-state index < -0.39 is 34.3 Å². The molecular formula is C25H34FN3O4S. The van der Waals surface area contributed by atoms with Gasteiger partial charge in [-0.25, -0.2) is 12.8 Å². The molecular weight excluding hydrogens is 457 g/mol. The highest BCUT2D eigenvalue weighted by atomic mass is 32.2. The normalized spacial score (nSPS) is 12.1. The molecule has 0 aliphatic carbocycles. The number of hydrogen-bond acceptors (Lipinski definition) is 4. The maximum absolute atomic E-state index is 13.5. The highest BCUT2D eigenvalue weighted by molar-refractivity contribution is 7.92. The molecule has 0 aliphatic heterocycles. The van der Waals surface area contributed by atoms with Crippen molar-refractivity contribution in [2.24, 2.45) is 0 Å². The molecule has 0 radical (unpaired) electrons. The number of carbonyl (C=O) groups is 2. The zero-order valence-corrected chi connectivity index (χ0v) is 20.9. The van der Waals surface area contributed by atoms with Crippen molar-refractivity contribution in [1.29, 1.82) is 0 Å². The molecule has 2 aromatic carbocycles. The molecule has 0 spiro atoms. The molecule has 0 saturated carbocycles. The van der Waals surface area contributed by atoms with Crippen LogP contribution in [0, 0.1) is 5.82 Å². The van der Waals surface area contributed by atoms with Crippen molar-refractivity contribution in [3.05, 3.63) is 66.0 Å². The van der Waals surface area contributed by atoms with Gasteiger partial charge in [-0.3, -0.25) is 13.9 Å². The molecule has 0 aromatic heterocycles. The molecule has 1 N–H and O–H groups in total. The first-order valence-electron chi connectivity index (χ1n) is 11.5. The number of nitrogens with one attached hydrogen (secondary N) is 1. The van der Waals surface area contributed by atoms with Crippen LogP contribution >= 0.6 is 0 Å². The molecule has 186 valence electrons. The van der Waals surface area contributed by atoms with E-state index in [1.54, 1.807) is 0 Å². The molecule has 7 nitrogen and oxygen atoms in total. The van der Waals surface area contributed by atoms with Crippen LogP contribution in [0.3, 0.4) is 0 Å². The lowest BCUT2D eigenvalue weighted by Gasteiger charge is -2.32. The van der Waals surface area contributed by atoms with Gasteiger partial charge in [-0.15, -0.1) is 0 Å². The minimum absolute atomic E-state index is 0.181. The number of amides is 2. The van der Waals surface area contributed by atoms with Crippen molar-refractivity contribution in [2.75, 3.05) is 30.2 Å². The number of sulfonamides is 1. The number of unbranched alkanes of at least 4 members (excludes halogenated alkanes) is 1. The van der Waals surface area contributed by atoms with Crippen molar-refractivity contribution in [3.8, 4) is 0 Å². The summed E-state index contributed by atoms with van der Waals surface area (Å²) in [6.45, 7) is 4.12. The zero-order chi connectivity index (χ0) is 25.1. The molecule has 1 atom stereocenters. The van der Waals surface area contributed by atoms with E-state index in [2.05, 4.69) is 5.32 Å². The summed E-state index contributed by atoms with van der Waals surface area (Å²) in [5.74, 6) is -1.27. The highest BCUT2D eigenvalue weighted by Gasteiger charge is 2.31. The van der Waals surface area contributed by atoms with Gasteiger partial charge < -0.3 is 10.2 Å². The molecule has 0 heterocycles. The summed E-state index contributed by atoms with van der Waals surface area (Å²) in [7, 11) is -3.83. The Labute approximate surface area is 202 Å². The summed E-state index contributed by atoms with van der Waals surface area (Å²) < 4.78 is 39.3. The number of hydrogen-bond donors (Lipinski definition) is 1. The van der Waals surface area contributed by atoms with Gasteiger partial charge in [0, 0.05) is 13.1 Å². The SMILES string of the molecule is CCCCNC(=O)[C@@H](CC)N(CCc1ccccc1)C(=O)CN(c1ccc(F)cc1)S(C)(=O)=O. The highest BCUT2D eigenvalue weighted by Crippen LogP contribution is 2.19. The van der Waals surface area contributed by atoms with Crippen LogP contribution in [0.5, 0.6) is 0 Å². The van der Waals surface area contributed by atoms with E-state index in [0.29, 0.717) is 19.4 Å². The Morgan fingerprint density at radius 1 is 1.03 bits per heavy atom. The molecule has 0 fully saturated rings. The Morgan fingerprint density at radius 2 is 1.68 bits per heavy atom. The minimum atomic E-state index is -3.83. The first-order valence-corrected chi connectivity index (χ1v) is 13.4. The number of benzene rings is 2. The maximum atomic E-state index is 13.5. The summed E-state index contributed by atoms with van der Waals surface area (Å²) in [5.41, 5.74) is 1.18. The second-order valence-corrected chi connectivity index (χ2v) is 10.0. The van der Waals surface area contributed by atoms with E-state index in [4.69, 9.17) is 0 Å². The summed E-state index contributed by atoms with van der Waals surface area (Å²) in [5, 5.41) is 2.88. The standard InChI is InChI=1S/C25H34FN3O4S/c1-4-6-17-27-25(31)23(5-2)28(18-16-20-10-8-7-9-11-20)24(30)19-29(34(3,32)33)22-14-12-21(26)13-15-22/h7-15,23H,4-6,16-19H2,1-3H3,(H,27,31)/t23-/m1/s1. The first-order chi connectivity index (χ1) is 16.2. The fraction of sp³-hybridized carbons (Fsp3) is 0.440. The minimum Gasteiger partial charge on any atom is -0.354 e. The third-order valence-electron chi connectivity index (χ3n) is 5.49. The van der Waals surface area contributed by atoms with E-state index in [0.717, 1.165) is 41.1 Å². The Hall–Kier alpha value is -2.94. The molecule has 2 rings (SSSR count). The van der Waals surface area contributed by atoms with E-state index in [-0.39, 0.29) is 18.1 Å². The number of carbonyl (C=O) groups excluding carboxylic acids is 2. The van der Waals surface area contributed by atoms with Gasteiger partial charge in [-0.1, -0.05) is 50.6 Å². The van der Waals surface area contributed by atoms with Gasteiger partial charge in [0.25, 0.3) is 0 Å². The lowest BCUT2D eigenvalue weighted by molar-refractivity contribution is -0.139. The summed E-state index contributed by atoms with van der Waals surface area (Å²) in [6, 6.07) is 13.7. The van der Waals surface area contributed by atoms with Crippen molar-refractivity contribution >= 4 is 27.5 Å². The lowest BCUT2D eigenvalue weighted by Crippen LogP contribution is -2.53. The van der Waals surface area contributed by atoms with Gasteiger partial charge in [0.1, 0.15) is 18.4 Å². The first kappa shape index (κ1) is 27.3. The second-order valence-electron chi connectivity index (χ2n) is 8.14. The predicted molar refractivity (Wildman–Crippen MR) is 132 cm³/mol. The summed E-state index contributed by atoms with van der Waals surface area (Å²) >= 11 is 0. The topological polar surface area (TPSA) is 86.8 Å². The van der Waals surface area contributed by atoms with Crippen LogP contribution in [0.2, 0.25) is 0 Å². The average molecular weight is 492 g/mol. The van der Waals surface area contributed by atoms with Gasteiger partial charge >= 0.3 is 0 Å². The quantitative estimate of drug-likeness (QED) is 0.436. The number of anilines is 1. The molecule has 2 amide bonds. The van der Waals surface area contributed by atoms with Gasteiger partial charge in [-0.2, -0.15) is 0 Å². The largest absolute Gasteiger partial charge is 0.354 e. The summed E-state index contributed by atoms with van der Waals surface area (Å²) in [4.78, 5) is 27.8. The average Bonchev–Trinajstić information content (AvgIpc) is 2.80. The second kappa shape index (κ2) is 13.1. The summed E-state index contributed by atoms with van der Waals surface area (Å²) in [6.07, 6.45) is 3.64. The van der Waals surface area contributed by atoms with Crippen molar-refractivity contribution in [2.45, 2.75) is 45.6 Å². The molecule has 0 unspecified atom stereocenters. The van der Waals surface area contributed by atoms with Gasteiger partial charge in [-0.05, 0) is 49.1 Å². The number of rotatable bonds is 13. The molecule has 0 aliphatic rings. The molecule has 9 heteroatoms. The maximum Gasteiger partial charge on any atom is 0.244 e. The van der Waals surface area contributed by atoms with Crippen LogP contribution in [-0.2, 0) is 26.0 Å². The Bertz CT molecular complexity index is 1030. The zero-order valence-electron chi connectivity index (χ0n) is 20.0. The van der Waals surface area contributed by atoms with Crippen LogP contribution in [0.4, 0.5) is 10.1 Å². The predicted octanol–water partition coefficient (Wildman–Crippen LogP) is 3.36. The van der Waals surface area contributed by atoms with Crippen LogP contribution < -0.4 is 9.62 Å². The van der Waals surface area contributed by atoms with Crippen molar-refractivity contribution in [1.82, 2.24) is 10.2 Å². The Kier molecular flexibility index (Phi) is 10.5. The van der Waals surface area contributed by atoms with E-state index in [1.165, 1.54) is 17.0 Å². The molecule has 0 saturated heterocycles. The third kappa shape index (κ3) is 8.13. The smallest absolute Gasteiger partial charge is 0.244 e. The monoisotopic (exact) mass is 491 g/mol. The van der Waals surface area contributed by atoms with E-state index >= 15 is 0 Å². The molecule has 34 heavy (non-hydrogen) atoms. The Morgan fingerprint density at radius 3 is 2.24 bits per heavy atom. The van der Waals surface area contributed by atoms with Crippen LogP contribution in [0.15, 0.2) is 54.6 Å².